The summed E-state index contributed by atoms with van der Waals surface area (Å²) in [5.74, 6) is 0.182. The van der Waals surface area contributed by atoms with Crippen LogP contribution in [0, 0.1) is 5.92 Å². The first-order valence-electron chi connectivity index (χ1n) is 8.36. The Bertz CT molecular complexity index is 678. The fourth-order valence-electron chi connectivity index (χ4n) is 3.09. The first-order valence-corrected chi connectivity index (χ1v) is 9.90. The molecule has 3 N–H and O–H groups in total. The number of primary sulfonamides is 1. The van der Waals surface area contributed by atoms with E-state index in [2.05, 4.69) is 17.2 Å². The van der Waals surface area contributed by atoms with Crippen molar-refractivity contribution in [2.24, 2.45) is 11.1 Å². The van der Waals surface area contributed by atoms with Crippen LogP contribution >= 0.6 is 0 Å². The van der Waals surface area contributed by atoms with E-state index in [9.17, 15) is 13.2 Å². The van der Waals surface area contributed by atoms with Gasteiger partial charge in [0.15, 0.2) is 0 Å². The van der Waals surface area contributed by atoms with E-state index in [0.29, 0.717) is 18.9 Å². The minimum Gasteiger partial charge on any atom is -0.355 e. The number of nitrogens with one attached hydrogen (secondary N) is 1. The molecule has 1 fully saturated rings. The second kappa shape index (κ2) is 7.94. The maximum atomic E-state index is 12.4. The molecule has 7 nitrogen and oxygen atoms in total. The molecule has 2 heterocycles. The van der Waals surface area contributed by atoms with Gasteiger partial charge in [-0.3, -0.25) is 4.79 Å². The number of amides is 1. The van der Waals surface area contributed by atoms with E-state index in [1.807, 2.05) is 11.8 Å². The summed E-state index contributed by atoms with van der Waals surface area (Å²) in [6, 6.07) is 3.14. The van der Waals surface area contributed by atoms with Gasteiger partial charge in [-0.15, -0.1) is 0 Å². The van der Waals surface area contributed by atoms with E-state index >= 15 is 0 Å². The summed E-state index contributed by atoms with van der Waals surface area (Å²) in [6.07, 6.45) is 5.10. The van der Waals surface area contributed by atoms with Gasteiger partial charge in [0, 0.05) is 25.3 Å². The lowest BCUT2D eigenvalue weighted by molar-refractivity contribution is -0.125. The molecule has 0 spiro atoms. The molecule has 0 radical (unpaired) electrons. The minimum atomic E-state index is -3.85. The highest BCUT2D eigenvalue weighted by Crippen LogP contribution is 2.26. The van der Waals surface area contributed by atoms with Crippen LogP contribution in [-0.4, -0.2) is 38.4 Å². The van der Waals surface area contributed by atoms with E-state index in [-0.39, 0.29) is 22.8 Å². The summed E-state index contributed by atoms with van der Waals surface area (Å²) in [6.45, 7) is 5.19. The standard InChI is InChI=1S/C16H26N4O3S/c1-3-6-12(2)19-16(21)13-7-5-10-20(11-13)15-14(24(17,22)23)8-4-9-18-15/h4,8-9,12-13H,3,5-7,10-11H2,1-2H3,(H,19,21)(H2,17,22,23). The molecule has 0 aromatic carbocycles. The van der Waals surface area contributed by atoms with Crippen LogP contribution in [0.1, 0.15) is 39.5 Å². The topological polar surface area (TPSA) is 105 Å². The largest absolute Gasteiger partial charge is 0.355 e. The average molecular weight is 354 g/mol. The zero-order valence-corrected chi connectivity index (χ0v) is 15.1. The number of pyridine rings is 1. The van der Waals surface area contributed by atoms with E-state index in [4.69, 9.17) is 5.14 Å². The molecule has 2 atom stereocenters. The molecule has 134 valence electrons. The fraction of sp³-hybridized carbons (Fsp3) is 0.625. The van der Waals surface area contributed by atoms with Crippen molar-refractivity contribution in [1.29, 1.82) is 0 Å². The lowest BCUT2D eigenvalue weighted by Gasteiger charge is -2.34. The number of nitrogens with two attached hydrogens (primary N) is 1. The molecule has 8 heteroatoms. The number of piperidine rings is 1. The molecule has 24 heavy (non-hydrogen) atoms. The van der Waals surface area contributed by atoms with Gasteiger partial charge in [0.2, 0.25) is 15.9 Å². The van der Waals surface area contributed by atoms with E-state index in [0.717, 1.165) is 25.7 Å². The van der Waals surface area contributed by atoms with Gasteiger partial charge in [0.1, 0.15) is 10.7 Å². The molecule has 0 bridgehead atoms. The highest BCUT2D eigenvalue weighted by molar-refractivity contribution is 7.89. The van der Waals surface area contributed by atoms with Crippen LogP contribution in [0.5, 0.6) is 0 Å². The first-order chi connectivity index (χ1) is 11.3. The van der Waals surface area contributed by atoms with E-state index in [1.54, 1.807) is 6.07 Å². The number of aromatic nitrogens is 1. The van der Waals surface area contributed by atoms with Crippen molar-refractivity contribution >= 4 is 21.7 Å². The Balaban J connectivity index is 2.13. The number of carbonyl (C=O) groups excluding carboxylic acids is 1. The number of anilines is 1. The van der Waals surface area contributed by atoms with Crippen molar-refractivity contribution in [2.75, 3.05) is 18.0 Å². The number of hydrogen-bond acceptors (Lipinski definition) is 5. The molecule has 1 saturated heterocycles. The average Bonchev–Trinajstić information content (AvgIpc) is 2.54. The van der Waals surface area contributed by atoms with Gasteiger partial charge in [-0.1, -0.05) is 13.3 Å². The lowest BCUT2D eigenvalue weighted by Crippen LogP contribution is -2.46. The molecule has 1 amide bonds. The summed E-state index contributed by atoms with van der Waals surface area (Å²) in [7, 11) is -3.85. The number of nitrogens with zero attached hydrogens (tertiary/aromatic N) is 2. The van der Waals surface area contributed by atoms with Crippen LogP contribution in [0.25, 0.3) is 0 Å². The van der Waals surface area contributed by atoms with Crippen molar-refractivity contribution < 1.29 is 13.2 Å². The van der Waals surface area contributed by atoms with Gasteiger partial charge in [-0.25, -0.2) is 18.5 Å². The summed E-state index contributed by atoms with van der Waals surface area (Å²) in [5.41, 5.74) is 0. The number of carbonyl (C=O) groups is 1. The maximum absolute atomic E-state index is 12.4. The Labute approximate surface area is 143 Å². The maximum Gasteiger partial charge on any atom is 0.241 e. The highest BCUT2D eigenvalue weighted by Gasteiger charge is 2.29. The summed E-state index contributed by atoms with van der Waals surface area (Å²) in [5, 5.41) is 8.32. The molecular formula is C16H26N4O3S. The van der Waals surface area contributed by atoms with Gasteiger partial charge in [-0.05, 0) is 38.3 Å². The van der Waals surface area contributed by atoms with Gasteiger partial charge < -0.3 is 10.2 Å². The van der Waals surface area contributed by atoms with Crippen LogP contribution in [0.2, 0.25) is 0 Å². The molecule has 0 aliphatic carbocycles. The Morgan fingerprint density at radius 1 is 1.54 bits per heavy atom. The van der Waals surface area contributed by atoms with Crippen LogP contribution in [0.4, 0.5) is 5.82 Å². The second-order valence-electron chi connectivity index (χ2n) is 6.35. The van der Waals surface area contributed by atoms with Gasteiger partial charge in [0.05, 0.1) is 5.92 Å². The molecule has 1 aliphatic heterocycles. The van der Waals surface area contributed by atoms with Gasteiger partial charge >= 0.3 is 0 Å². The Morgan fingerprint density at radius 3 is 2.96 bits per heavy atom. The Morgan fingerprint density at radius 2 is 2.29 bits per heavy atom. The van der Waals surface area contributed by atoms with Gasteiger partial charge in [-0.2, -0.15) is 0 Å². The number of sulfonamides is 1. The predicted molar refractivity (Wildman–Crippen MR) is 93.1 cm³/mol. The third-order valence-electron chi connectivity index (χ3n) is 4.26. The summed E-state index contributed by atoms with van der Waals surface area (Å²) in [4.78, 5) is 18.5. The quantitative estimate of drug-likeness (QED) is 0.800. The molecule has 0 saturated carbocycles. The zero-order chi connectivity index (χ0) is 17.7. The van der Waals surface area contributed by atoms with Crippen LogP contribution < -0.4 is 15.4 Å². The first kappa shape index (κ1) is 18.7. The van der Waals surface area contributed by atoms with Gasteiger partial charge in [0.25, 0.3) is 0 Å². The Kier molecular flexibility index (Phi) is 6.17. The summed E-state index contributed by atoms with van der Waals surface area (Å²) < 4.78 is 23.5. The predicted octanol–water partition coefficient (Wildman–Crippen LogP) is 1.25. The molecule has 1 aromatic heterocycles. The SMILES string of the molecule is CCCC(C)NC(=O)C1CCCN(c2ncccc2S(N)(=O)=O)C1. The molecule has 2 unspecified atom stereocenters. The van der Waals surface area contributed by atoms with Crippen molar-refractivity contribution in [3.63, 3.8) is 0 Å². The van der Waals surface area contributed by atoms with Crippen molar-refractivity contribution in [2.45, 2.75) is 50.5 Å². The second-order valence-corrected chi connectivity index (χ2v) is 7.88. The third-order valence-corrected chi connectivity index (χ3v) is 5.19. The van der Waals surface area contributed by atoms with Crippen molar-refractivity contribution in [1.82, 2.24) is 10.3 Å². The van der Waals surface area contributed by atoms with Crippen molar-refractivity contribution in [3.05, 3.63) is 18.3 Å². The van der Waals surface area contributed by atoms with E-state index < -0.39 is 10.0 Å². The smallest absolute Gasteiger partial charge is 0.241 e. The monoisotopic (exact) mass is 354 g/mol. The van der Waals surface area contributed by atoms with E-state index in [1.165, 1.54) is 12.3 Å². The third kappa shape index (κ3) is 4.67. The van der Waals surface area contributed by atoms with Crippen LogP contribution in [-0.2, 0) is 14.8 Å². The molecule has 2 rings (SSSR count). The minimum absolute atomic E-state index is 0.00501. The fourth-order valence-corrected chi connectivity index (χ4v) is 3.80. The molecule has 1 aliphatic rings. The van der Waals surface area contributed by atoms with Crippen molar-refractivity contribution in [3.8, 4) is 0 Å². The number of hydrogen-bond donors (Lipinski definition) is 2. The zero-order valence-electron chi connectivity index (χ0n) is 14.2. The lowest BCUT2D eigenvalue weighted by atomic mass is 9.96. The highest BCUT2D eigenvalue weighted by atomic mass is 32.2. The molecule has 1 aromatic rings. The van der Waals surface area contributed by atoms with Crippen LogP contribution in [0.15, 0.2) is 23.2 Å². The van der Waals surface area contributed by atoms with Crippen LogP contribution in [0.3, 0.4) is 0 Å². The Hall–Kier alpha value is -1.67. The number of rotatable bonds is 6. The normalized spacial score (nSPS) is 19.8. The summed E-state index contributed by atoms with van der Waals surface area (Å²) >= 11 is 0. The molecular weight excluding hydrogens is 328 g/mol.